The van der Waals surface area contributed by atoms with Gasteiger partial charge in [0.2, 0.25) is 0 Å². The SMILES string of the molecule is CCC1CNCCC1(O)c1ccc(OC)c(OC)c1. The lowest BCUT2D eigenvalue weighted by atomic mass is 9.75. The van der Waals surface area contributed by atoms with Gasteiger partial charge in [-0.05, 0) is 37.1 Å². The summed E-state index contributed by atoms with van der Waals surface area (Å²) < 4.78 is 10.6. The van der Waals surface area contributed by atoms with Crippen molar-refractivity contribution in [1.29, 1.82) is 0 Å². The van der Waals surface area contributed by atoms with E-state index in [1.807, 2.05) is 18.2 Å². The molecule has 1 saturated heterocycles. The van der Waals surface area contributed by atoms with Gasteiger partial charge < -0.3 is 19.9 Å². The number of rotatable bonds is 4. The number of hydrogen-bond donors (Lipinski definition) is 2. The predicted molar refractivity (Wildman–Crippen MR) is 74.7 cm³/mol. The number of nitrogens with one attached hydrogen (secondary N) is 1. The van der Waals surface area contributed by atoms with E-state index < -0.39 is 5.60 Å². The molecule has 0 radical (unpaired) electrons. The first kappa shape index (κ1) is 14.2. The van der Waals surface area contributed by atoms with Crippen LogP contribution >= 0.6 is 0 Å². The molecule has 1 aromatic rings. The van der Waals surface area contributed by atoms with Gasteiger partial charge in [-0.3, -0.25) is 0 Å². The van der Waals surface area contributed by atoms with E-state index in [9.17, 15) is 5.11 Å². The molecule has 1 aliphatic rings. The molecule has 0 bridgehead atoms. The number of aliphatic hydroxyl groups is 1. The van der Waals surface area contributed by atoms with Crippen molar-refractivity contribution < 1.29 is 14.6 Å². The summed E-state index contributed by atoms with van der Waals surface area (Å²) in [5.74, 6) is 1.58. The van der Waals surface area contributed by atoms with Gasteiger partial charge in [0.25, 0.3) is 0 Å². The van der Waals surface area contributed by atoms with Crippen molar-refractivity contribution in [1.82, 2.24) is 5.32 Å². The van der Waals surface area contributed by atoms with Crippen molar-refractivity contribution in [2.75, 3.05) is 27.3 Å². The molecule has 1 fully saturated rings. The van der Waals surface area contributed by atoms with Crippen LogP contribution in [0.1, 0.15) is 25.3 Å². The minimum absolute atomic E-state index is 0.222. The molecule has 0 amide bonds. The van der Waals surface area contributed by atoms with Gasteiger partial charge in [-0.2, -0.15) is 0 Å². The molecule has 2 rings (SSSR count). The van der Waals surface area contributed by atoms with Crippen LogP contribution in [0.25, 0.3) is 0 Å². The highest BCUT2D eigenvalue weighted by atomic mass is 16.5. The van der Waals surface area contributed by atoms with Gasteiger partial charge in [-0.25, -0.2) is 0 Å². The lowest BCUT2D eigenvalue weighted by molar-refractivity contribution is -0.0480. The summed E-state index contributed by atoms with van der Waals surface area (Å²) in [6, 6.07) is 5.70. The zero-order chi connectivity index (χ0) is 13.9. The quantitative estimate of drug-likeness (QED) is 0.873. The fraction of sp³-hybridized carbons (Fsp3) is 0.600. The Morgan fingerprint density at radius 3 is 2.68 bits per heavy atom. The van der Waals surface area contributed by atoms with Crippen molar-refractivity contribution in [3.8, 4) is 11.5 Å². The summed E-state index contributed by atoms with van der Waals surface area (Å²) in [6.07, 6.45) is 1.67. The summed E-state index contributed by atoms with van der Waals surface area (Å²) in [5.41, 5.74) is 0.137. The average molecular weight is 265 g/mol. The monoisotopic (exact) mass is 265 g/mol. The Labute approximate surface area is 114 Å². The summed E-state index contributed by atoms with van der Waals surface area (Å²) in [4.78, 5) is 0. The Kier molecular flexibility index (Phi) is 4.32. The van der Waals surface area contributed by atoms with Crippen molar-refractivity contribution in [2.45, 2.75) is 25.4 Å². The van der Waals surface area contributed by atoms with Crippen LogP contribution in [-0.2, 0) is 5.60 Å². The molecule has 106 valence electrons. The van der Waals surface area contributed by atoms with E-state index >= 15 is 0 Å². The number of hydrogen-bond acceptors (Lipinski definition) is 4. The minimum Gasteiger partial charge on any atom is -0.493 e. The molecule has 4 nitrogen and oxygen atoms in total. The molecule has 0 saturated carbocycles. The van der Waals surface area contributed by atoms with E-state index in [2.05, 4.69) is 12.2 Å². The van der Waals surface area contributed by atoms with Crippen LogP contribution in [0.3, 0.4) is 0 Å². The van der Waals surface area contributed by atoms with E-state index in [0.29, 0.717) is 11.5 Å². The van der Waals surface area contributed by atoms with E-state index in [1.165, 1.54) is 0 Å². The second kappa shape index (κ2) is 5.80. The van der Waals surface area contributed by atoms with E-state index in [0.717, 1.165) is 31.5 Å². The molecular weight excluding hydrogens is 242 g/mol. The molecule has 4 heteroatoms. The molecule has 1 aliphatic heterocycles. The van der Waals surface area contributed by atoms with Crippen LogP contribution < -0.4 is 14.8 Å². The summed E-state index contributed by atoms with van der Waals surface area (Å²) in [5, 5.41) is 14.4. The van der Waals surface area contributed by atoms with Crippen LogP contribution in [0, 0.1) is 5.92 Å². The Morgan fingerprint density at radius 2 is 2.05 bits per heavy atom. The summed E-state index contributed by atoms with van der Waals surface area (Å²) >= 11 is 0. The van der Waals surface area contributed by atoms with Gasteiger partial charge in [0.05, 0.1) is 19.8 Å². The fourth-order valence-electron chi connectivity index (χ4n) is 2.90. The molecule has 1 heterocycles. The van der Waals surface area contributed by atoms with Gasteiger partial charge in [-0.15, -0.1) is 0 Å². The molecule has 2 unspecified atom stereocenters. The number of ether oxygens (including phenoxy) is 2. The topological polar surface area (TPSA) is 50.7 Å². The van der Waals surface area contributed by atoms with E-state index in [-0.39, 0.29) is 5.92 Å². The van der Waals surface area contributed by atoms with Crippen molar-refractivity contribution in [3.63, 3.8) is 0 Å². The maximum absolute atomic E-state index is 11.0. The molecule has 2 atom stereocenters. The maximum atomic E-state index is 11.0. The Morgan fingerprint density at radius 1 is 1.32 bits per heavy atom. The maximum Gasteiger partial charge on any atom is 0.161 e. The van der Waals surface area contributed by atoms with Crippen LogP contribution in [0.15, 0.2) is 18.2 Å². The molecule has 0 aliphatic carbocycles. The first-order valence-corrected chi connectivity index (χ1v) is 6.81. The largest absolute Gasteiger partial charge is 0.493 e. The highest BCUT2D eigenvalue weighted by Crippen LogP contribution is 2.40. The lowest BCUT2D eigenvalue weighted by Gasteiger charge is -2.40. The third kappa shape index (κ3) is 2.55. The number of benzene rings is 1. The predicted octanol–water partition coefficient (Wildman–Crippen LogP) is 1.91. The molecule has 0 aromatic heterocycles. The third-order valence-electron chi connectivity index (χ3n) is 4.13. The van der Waals surface area contributed by atoms with E-state index in [1.54, 1.807) is 14.2 Å². The zero-order valence-corrected chi connectivity index (χ0v) is 11.9. The molecule has 0 spiro atoms. The van der Waals surface area contributed by atoms with Crippen LogP contribution in [0.5, 0.6) is 11.5 Å². The first-order chi connectivity index (χ1) is 9.15. The second-order valence-corrected chi connectivity index (χ2v) is 5.05. The number of piperidine rings is 1. The van der Waals surface area contributed by atoms with Gasteiger partial charge in [0, 0.05) is 12.5 Å². The summed E-state index contributed by atoms with van der Waals surface area (Å²) in [6.45, 7) is 3.80. The normalized spacial score (nSPS) is 27.1. The Hall–Kier alpha value is -1.26. The summed E-state index contributed by atoms with van der Waals surface area (Å²) in [7, 11) is 3.23. The number of methoxy groups -OCH3 is 2. The molecule has 19 heavy (non-hydrogen) atoms. The van der Waals surface area contributed by atoms with E-state index in [4.69, 9.17) is 9.47 Å². The minimum atomic E-state index is -0.778. The highest BCUT2D eigenvalue weighted by Gasteiger charge is 2.39. The van der Waals surface area contributed by atoms with Gasteiger partial charge in [0.1, 0.15) is 0 Å². The van der Waals surface area contributed by atoms with Crippen molar-refractivity contribution in [2.24, 2.45) is 5.92 Å². The molecular formula is C15H23NO3. The van der Waals surface area contributed by atoms with Crippen LogP contribution in [0.4, 0.5) is 0 Å². The van der Waals surface area contributed by atoms with Crippen molar-refractivity contribution >= 4 is 0 Å². The standard InChI is InChI=1S/C15H23NO3/c1-4-11-10-16-8-7-15(11,17)12-5-6-13(18-2)14(9-12)19-3/h5-6,9,11,16-17H,4,7-8,10H2,1-3H3. The molecule has 2 N–H and O–H groups in total. The van der Waals surface area contributed by atoms with Gasteiger partial charge in [0.15, 0.2) is 11.5 Å². The van der Waals surface area contributed by atoms with Gasteiger partial charge >= 0.3 is 0 Å². The van der Waals surface area contributed by atoms with Crippen LogP contribution in [-0.4, -0.2) is 32.4 Å². The third-order valence-corrected chi connectivity index (χ3v) is 4.13. The second-order valence-electron chi connectivity index (χ2n) is 5.05. The first-order valence-electron chi connectivity index (χ1n) is 6.81. The zero-order valence-electron chi connectivity index (χ0n) is 11.9. The lowest BCUT2D eigenvalue weighted by Crippen LogP contribution is -2.47. The Balaban J connectivity index is 2.38. The van der Waals surface area contributed by atoms with Crippen LogP contribution in [0.2, 0.25) is 0 Å². The Bertz CT molecular complexity index is 435. The average Bonchev–Trinajstić information content (AvgIpc) is 2.46. The van der Waals surface area contributed by atoms with Crippen molar-refractivity contribution in [3.05, 3.63) is 23.8 Å². The smallest absolute Gasteiger partial charge is 0.161 e. The highest BCUT2D eigenvalue weighted by molar-refractivity contribution is 5.45. The fourth-order valence-corrected chi connectivity index (χ4v) is 2.90. The van der Waals surface area contributed by atoms with Gasteiger partial charge in [-0.1, -0.05) is 13.0 Å². The molecule has 1 aromatic carbocycles.